The highest BCUT2D eigenvalue weighted by Crippen LogP contribution is 2.21. The molecule has 1 rings (SSSR count). The Labute approximate surface area is 95.4 Å². The van der Waals surface area contributed by atoms with Crippen LogP contribution in [0.15, 0.2) is 0 Å². The number of hydrogen-bond acceptors (Lipinski definition) is 2. The van der Waals surface area contributed by atoms with Crippen LogP contribution in [0.5, 0.6) is 0 Å². The summed E-state index contributed by atoms with van der Waals surface area (Å²) in [6, 6.07) is 0.671. The molecule has 0 amide bonds. The molecule has 2 nitrogen and oxygen atoms in total. The molecule has 1 heterocycles. The van der Waals surface area contributed by atoms with Crippen molar-refractivity contribution >= 4 is 0 Å². The van der Waals surface area contributed by atoms with Gasteiger partial charge in [0, 0.05) is 19.1 Å². The van der Waals surface area contributed by atoms with Gasteiger partial charge in [-0.15, -0.1) is 0 Å². The summed E-state index contributed by atoms with van der Waals surface area (Å²) in [7, 11) is 2.05. The van der Waals surface area contributed by atoms with Gasteiger partial charge in [-0.2, -0.15) is 0 Å². The standard InChI is InChI=1S/C13H28N2/c1-11-8-12(2)10-15(9-11)7-5-6-13(3)14-4/h11-14H,5-10H2,1-4H3. The average molecular weight is 212 g/mol. The molecule has 0 aliphatic carbocycles. The van der Waals surface area contributed by atoms with E-state index in [9.17, 15) is 0 Å². The first-order chi connectivity index (χ1) is 7.11. The fourth-order valence-electron chi connectivity index (χ4n) is 2.74. The molecule has 3 unspecified atom stereocenters. The van der Waals surface area contributed by atoms with E-state index in [0.29, 0.717) is 6.04 Å². The molecule has 0 bridgehead atoms. The second-order valence-electron chi connectivity index (χ2n) is 5.54. The molecule has 1 aliphatic heterocycles. The van der Waals surface area contributed by atoms with E-state index < -0.39 is 0 Å². The van der Waals surface area contributed by atoms with E-state index in [1.54, 1.807) is 0 Å². The van der Waals surface area contributed by atoms with Crippen molar-refractivity contribution in [2.45, 2.75) is 46.1 Å². The Morgan fingerprint density at radius 1 is 1.27 bits per heavy atom. The van der Waals surface area contributed by atoms with E-state index in [-0.39, 0.29) is 0 Å². The van der Waals surface area contributed by atoms with Crippen molar-refractivity contribution in [2.24, 2.45) is 11.8 Å². The Hall–Kier alpha value is -0.0800. The molecular weight excluding hydrogens is 184 g/mol. The van der Waals surface area contributed by atoms with Gasteiger partial charge in [0.25, 0.3) is 0 Å². The fraction of sp³-hybridized carbons (Fsp3) is 1.00. The van der Waals surface area contributed by atoms with Gasteiger partial charge in [0.2, 0.25) is 0 Å². The molecule has 90 valence electrons. The van der Waals surface area contributed by atoms with Gasteiger partial charge in [0.05, 0.1) is 0 Å². The maximum atomic E-state index is 3.30. The fourth-order valence-corrected chi connectivity index (χ4v) is 2.74. The number of hydrogen-bond donors (Lipinski definition) is 1. The lowest BCUT2D eigenvalue weighted by atomic mass is 9.92. The third-order valence-corrected chi connectivity index (χ3v) is 3.55. The molecule has 0 aromatic carbocycles. The van der Waals surface area contributed by atoms with E-state index in [4.69, 9.17) is 0 Å². The Balaban J connectivity index is 2.15. The lowest BCUT2D eigenvalue weighted by Gasteiger charge is -2.35. The van der Waals surface area contributed by atoms with Crippen LogP contribution >= 0.6 is 0 Å². The first-order valence-electron chi connectivity index (χ1n) is 6.51. The predicted molar refractivity (Wildman–Crippen MR) is 67.1 cm³/mol. The smallest absolute Gasteiger partial charge is 0.00362 e. The normalized spacial score (nSPS) is 30.4. The lowest BCUT2D eigenvalue weighted by Crippen LogP contribution is -2.39. The van der Waals surface area contributed by atoms with Crippen LogP contribution in [0.4, 0.5) is 0 Å². The molecule has 0 aromatic heterocycles. The molecule has 1 aliphatic rings. The van der Waals surface area contributed by atoms with Crippen molar-refractivity contribution in [1.82, 2.24) is 10.2 Å². The summed E-state index contributed by atoms with van der Waals surface area (Å²) < 4.78 is 0. The number of piperidine rings is 1. The van der Waals surface area contributed by atoms with E-state index in [1.165, 1.54) is 38.9 Å². The summed E-state index contributed by atoms with van der Waals surface area (Å²) >= 11 is 0. The first-order valence-corrected chi connectivity index (χ1v) is 6.51. The Morgan fingerprint density at radius 2 is 1.87 bits per heavy atom. The number of nitrogens with zero attached hydrogens (tertiary/aromatic N) is 1. The average Bonchev–Trinajstić information content (AvgIpc) is 2.16. The second kappa shape index (κ2) is 6.49. The summed E-state index contributed by atoms with van der Waals surface area (Å²) in [5, 5.41) is 3.30. The minimum Gasteiger partial charge on any atom is -0.317 e. The van der Waals surface area contributed by atoms with Gasteiger partial charge < -0.3 is 10.2 Å². The minimum absolute atomic E-state index is 0.671. The lowest BCUT2D eigenvalue weighted by molar-refractivity contribution is 0.138. The number of nitrogens with one attached hydrogen (secondary N) is 1. The molecule has 1 saturated heterocycles. The summed E-state index contributed by atoms with van der Waals surface area (Å²) in [6.07, 6.45) is 4.06. The van der Waals surface area contributed by atoms with Gasteiger partial charge in [0.1, 0.15) is 0 Å². The molecule has 0 saturated carbocycles. The van der Waals surface area contributed by atoms with Crippen LogP contribution in [0.2, 0.25) is 0 Å². The predicted octanol–water partition coefficient (Wildman–Crippen LogP) is 2.35. The molecule has 1 fully saturated rings. The topological polar surface area (TPSA) is 15.3 Å². The van der Waals surface area contributed by atoms with Gasteiger partial charge >= 0.3 is 0 Å². The quantitative estimate of drug-likeness (QED) is 0.752. The van der Waals surface area contributed by atoms with E-state index in [2.05, 4.69) is 38.0 Å². The van der Waals surface area contributed by atoms with Crippen LogP contribution in [0.25, 0.3) is 0 Å². The zero-order valence-electron chi connectivity index (χ0n) is 10.9. The van der Waals surface area contributed by atoms with Crippen molar-refractivity contribution < 1.29 is 0 Å². The van der Waals surface area contributed by atoms with Crippen LogP contribution in [0.3, 0.4) is 0 Å². The molecule has 1 N–H and O–H groups in total. The zero-order chi connectivity index (χ0) is 11.3. The van der Waals surface area contributed by atoms with Gasteiger partial charge in [-0.1, -0.05) is 13.8 Å². The third kappa shape index (κ3) is 4.98. The van der Waals surface area contributed by atoms with Crippen LogP contribution in [-0.2, 0) is 0 Å². The van der Waals surface area contributed by atoms with Crippen molar-refractivity contribution in [3.63, 3.8) is 0 Å². The monoisotopic (exact) mass is 212 g/mol. The highest BCUT2D eigenvalue weighted by molar-refractivity contribution is 4.74. The largest absolute Gasteiger partial charge is 0.317 e. The van der Waals surface area contributed by atoms with Gasteiger partial charge in [-0.05, 0) is 51.6 Å². The van der Waals surface area contributed by atoms with Crippen molar-refractivity contribution in [3.05, 3.63) is 0 Å². The van der Waals surface area contributed by atoms with Crippen molar-refractivity contribution in [3.8, 4) is 0 Å². The molecule has 0 aromatic rings. The van der Waals surface area contributed by atoms with Gasteiger partial charge in [-0.25, -0.2) is 0 Å². The minimum atomic E-state index is 0.671. The SMILES string of the molecule is CNC(C)CCCN1CC(C)CC(C)C1. The van der Waals surface area contributed by atoms with E-state index in [1.807, 2.05) is 0 Å². The Bertz CT molecular complexity index is 160. The zero-order valence-corrected chi connectivity index (χ0v) is 10.9. The highest BCUT2D eigenvalue weighted by Gasteiger charge is 2.20. The Morgan fingerprint density at radius 3 is 2.40 bits per heavy atom. The second-order valence-corrected chi connectivity index (χ2v) is 5.54. The number of rotatable bonds is 5. The van der Waals surface area contributed by atoms with E-state index in [0.717, 1.165) is 11.8 Å². The highest BCUT2D eigenvalue weighted by atomic mass is 15.1. The molecular formula is C13H28N2. The molecule has 15 heavy (non-hydrogen) atoms. The van der Waals surface area contributed by atoms with E-state index >= 15 is 0 Å². The molecule has 0 radical (unpaired) electrons. The van der Waals surface area contributed by atoms with Gasteiger partial charge in [-0.3, -0.25) is 0 Å². The maximum Gasteiger partial charge on any atom is 0.00362 e. The molecule has 3 atom stereocenters. The first kappa shape index (κ1) is 13.0. The van der Waals surface area contributed by atoms with Crippen LogP contribution in [0.1, 0.15) is 40.0 Å². The van der Waals surface area contributed by atoms with Crippen molar-refractivity contribution in [1.29, 1.82) is 0 Å². The van der Waals surface area contributed by atoms with Gasteiger partial charge in [0.15, 0.2) is 0 Å². The molecule has 0 spiro atoms. The number of likely N-dealkylation sites (tertiary alicyclic amines) is 1. The third-order valence-electron chi connectivity index (χ3n) is 3.55. The summed E-state index contributed by atoms with van der Waals surface area (Å²) in [4.78, 5) is 2.65. The van der Waals surface area contributed by atoms with Crippen LogP contribution in [0, 0.1) is 11.8 Å². The summed E-state index contributed by atoms with van der Waals surface area (Å²) in [5.74, 6) is 1.80. The maximum absolute atomic E-state index is 3.30. The van der Waals surface area contributed by atoms with Crippen LogP contribution < -0.4 is 5.32 Å². The Kier molecular flexibility index (Phi) is 5.62. The van der Waals surface area contributed by atoms with Crippen molar-refractivity contribution in [2.75, 3.05) is 26.7 Å². The summed E-state index contributed by atoms with van der Waals surface area (Å²) in [5.41, 5.74) is 0. The summed E-state index contributed by atoms with van der Waals surface area (Å²) in [6.45, 7) is 11.0. The van der Waals surface area contributed by atoms with Crippen LogP contribution in [-0.4, -0.2) is 37.6 Å². The molecule has 2 heteroatoms.